The van der Waals surface area contributed by atoms with E-state index in [1.54, 1.807) is 14.5 Å². The second-order valence-electron chi connectivity index (χ2n) is 14.7. The van der Waals surface area contributed by atoms with Crippen LogP contribution in [0.3, 0.4) is 0 Å². The number of aromatic nitrogens is 2. The molecule has 2 spiro atoms. The van der Waals surface area contributed by atoms with Gasteiger partial charge in [-0.05, 0) is 70.6 Å². The number of hydrogen-bond donors (Lipinski definition) is 0. The molecule has 248 valence electrons. The Morgan fingerprint density at radius 1 is 0.978 bits per heavy atom. The number of morpholine rings is 1. The zero-order chi connectivity index (χ0) is 32.3. The topological polar surface area (TPSA) is 116 Å². The zero-order valence-corrected chi connectivity index (χ0v) is 27.4. The molecule has 7 rings (SSSR count). The summed E-state index contributed by atoms with van der Waals surface area (Å²) in [4.78, 5) is 44.4. The summed E-state index contributed by atoms with van der Waals surface area (Å²) in [5, 5.41) is 4.96. The fraction of sp³-hybridized carbons (Fsp3) is 0.647. The van der Waals surface area contributed by atoms with E-state index in [9.17, 15) is 14.4 Å². The van der Waals surface area contributed by atoms with E-state index in [4.69, 9.17) is 24.0 Å². The van der Waals surface area contributed by atoms with Gasteiger partial charge in [0.15, 0.2) is 0 Å². The Labute approximate surface area is 269 Å². The average molecular weight is 636 g/mol. The quantitative estimate of drug-likeness (QED) is 0.488. The van der Waals surface area contributed by atoms with Crippen LogP contribution in [0.15, 0.2) is 24.4 Å². The maximum atomic E-state index is 13.7. The fourth-order valence-corrected chi connectivity index (χ4v) is 7.07. The molecule has 5 aliphatic rings. The number of aryl methyl sites for hydroxylation is 1. The minimum atomic E-state index is -0.650. The molecule has 46 heavy (non-hydrogen) atoms. The van der Waals surface area contributed by atoms with Crippen molar-refractivity contribution in [1.82, 2.24) is 24.5 Å². The van der Waals surface area contributed by atoms with Crippen LogP contribution >= 0.6 is 0 Å². The first-order valence-corrected chi connectivity index (χ1v) is 16.6. The first-order valence-electron chi connectivity index (χ1n) is 16.6. The average Bonchev–Trinajstić information content (AvgIpc) is 3.60. The van der Waals surface area contributed by atoms with Gasteiger partial charge in [-0.2, -0.15) is 5.10 Å². The van der Waals surface area contributed by atoms with E-state index in [0.717, 1.165) is 41.0 Å². The summed E-state index contributed by atoms with van der Waals surface area (Å²) in [5.41, 5.74) is 1.94. The number of hydrogen-bond acceptors (Lipinski definition) is 8. The van der Waals surface area contributed by atoms with Crippen LogP contribution in [-0.4, -0.2) is 106 Å². The lowest BCUT2D eigenvalue weighted by molar-refractivity contribution is -0.149. The van der Waals surface area contributed by atoms with Gasteiger partial charge >= 0.3 is 12.2 Å². The molecule has 4 fully saturated rings. The predicted molar refractivity (Wildman–Crippen MR) is 167 cm³/mol. The van der Waals surface area contributed by atoms with Crippen LogP contribution in [0.2, 0.25) is 0 Å². The Balaban J connectivity index is 1.06. The first-order chi connectivity index (χ1) is 21.9. The van der Waals surface area contributed by atoms with Gasteiger partial charge in [-0.1, -0.05) is 6.07 Å². The molecule has 1 aliphatic carbocycles. The van der Waals surface area contributed by atoms with Crippen molar-refractivity contribution in [3.8, 4) is 17.0 Å². The molecular formula is C34H45N5O7. The van der Waals surface area contributed by atoms with Gasteiger partial charge in [0.2, 0.25) is 5.91 Å². The van der Waals surface area contributed by atoms with Gasteiger partial charge in [-0.3, -0.25) is 9.48 Å². The molecule has 0 bridgehead atoms. The summed E-state index contributed by atoms with van der Waals surface area (Å²) in [6.45, 7) is 11.4. The lowest BCUT2D eigenvalue weighted by atomic mass is 9.81. The van der Waals surface area contributed by atoms with Crippen molar-refractivity contribution in [3.05, 3.63) is 35.5 Å². The Bertz CT molecular complexity index is 1520. The number of nitrogens with zero attached hydrogens (tertiary/aromatic N) is 5. The summed E-state index contributed by atoms with van der Waals surface area (Å²) >= 11 is 0. The van der Waals surface area contributed by atoms with Gasteiger partial charge in [0.1, 0.15) is 34.8 Å². The van der Waals surface area contributed by atoms with Crippen LogP contribution < -0.4 is 4.74 Å². The van der Waals surface area contributed by atoms with E-state index in [0.29, 0.717) is 77.7 Å². The van der Waals surface area contributed by atoms with Gasteiger partial charge in [-0.15, -0.1) is 0 Å². The summed E-state index contributed by atoms with van der Waals surface area (Å²) in [5.74, 6) is 1.25. The molecule has 0 N–H and O–H groups in total. The second-order valence-corrected chi connectivity index (χ2v) is 14.7. The van der Waals surface area contributed by atoms with E-state index in [2.05, 4.69) is 0 Å². The Kier molecular flexibility index (Phi) is 7.69. The zero-order valence-electron chi connectivity index (χ0n) is 27.4. The van der Waals surface area contributed by atoms with E-state index in [1.807, 2.05) is 57.0 Å². The fourth-order valence-electron chi connectivity index (χ4n) is 7.07. The number of carbonyl (C=O) groups is 3. The lowest BCUT2D eigenvalue weighted by Crippen LogP contribution is -2.55. The highest BCUT2D eigenvalue weighted by molar-refractivity contribution is 5.78. The molecule has 1 saturated carbocycles. The molecular weight excluding hydrogens is 590 g/mol. The molecule has 1 aromatic heterocycles. The predicted octanol–water partition coefficient (Wildman–Crippen LogP) is 4.33. The maximum Gasteiger partial charge on any atom is 0.410 e. The van der Waals surface area contributed by atoms with Gasteiger partial charge in [0.25, 0.3) is 0 Å². The summed E-state index contributed by atoms with van der Waals surface area (Å²) in [6, 6.07) is 6.11. The summed E-state index contributed by atoms with van der Waals surface area (Å²) in [6.07, 6.45) is 5.47. The molecule has 12 heteroatoms. The van der Waals surface area contributed by atoms with E-state index >= 15 is 0 Å². The number of carbonyl (C=O) groups excluding carboxylic acids is 3. The van der Waals surface area contributed by atoms with Crippen molar-refractivity contribution in [2.45, 2.75) is 83.1 Å². The number of likely N-dealkylation sites (tertiary alicyclic amines) is 2. The van der Waals surface area contributed by atoms with Crippen molar-refractivity contribution < 1.29 is 33.3 Å². The Morgan fingerprint density at radius 3 is 2.46 bits per heavy atom. The molecule has 0 radical (unpaired) electrons. The van der Waals surface area contributed by atoms with Gasteiger partial charge in [0, 0.05) is 56.3 Å². The monoisotopic (exact) mass is 635 g/mol. The molecule has 5 heterocycles. The molecule has 1 atom stereocenters. The minimum Gasteiger partial charge on any atom is -0.482 e. The number of amides is 3. The van der Waals surface area contributed by atoms with Crippen LogP contribution in [0.1, 0.15) is 64.0 Å². The van der Waals surface area contributed by atoms with Gasteiger partial charge in [-0.25, -0.2) is 9.59 Å². The molecule has 1 aromatic carbocycles. The van der Waals surface area contributed by atoms with Crippen molar-refractivity contribution in [3.63, 3.8) is 0 Å². The lowest BCUT2D eigenvalue weighted by Gasteiger charge is -2.43. The molecule has 12 nitrogen and oxygen atoms in total. The number of ether oxygens (including phenoxy) is 4. The normalized spacial score (nSPS) is 23.6. The third-order valence-corrected chi connectivity index (χ3v) is 9.79. The third-order valence-electron chi connectivity index (χ3n) is 9.79. The summed E-state index contributed by atoms with van der Waals surface area (Å²) in [7, 11) is 0. The first kappa shape index (κ1) is 30.8. The SMILES string of the molecule is Cc1ccc2c(c1)OC1(CCN(C(=O)OCC3CC3)CC1)c1cn(CC(=O)N3CCOC4(CCN(C(=O)OC(C)(C)C)C4)C3)nc1-2. The van der Waals surface area contributed by atoms with Crippen molar-refractivity contribution >= 4 is 18.1 Å². The maximum absolute atomic E-state index is 13.7. The van der Waals surface area contributed by atoms with Crippen LogP contribution in [0.5, 0.6) is 5.75 Å². The minimum absolute atomic E-state index is 0.0504. The largest absolute Gasteiger partial charge is 0.482 e. The van der Waals surface area contributed by atoms with E-state index in [1.165, 1.54) is 0 Å². The number of rotatable bonds is 4. The van der Waals surface area contributed by atoms with Gasteiger partial charge in [0.05, 0.1) is 26.3 Å². The molecule has 1 unspecified atom stereocenters. The number of benzene rings is 1. The van der Waals surface area contributed by atoms with Crippen LogP contribution in [0, 0.1) is 12.8 Å². The van der Waals surface area contributed by atoms with E-state index in [-0.39, 0.29) is 24.6 Å². The highest BCUT2D eigenvalue weighted by Gasteiger charge is 2.48. The standard InChI is InChI=1S/C34H45N5O7/c1-23-5-8-25-27(17-23)45-34(10-13-36(14-11-34)30(41)43-20-24-6-7-24)26-18-39(35-29(25)26)19-28(40)37-15-16-44-33(21-37)9-12-38(22-33)31(42)46-32(2,3)4/h5,8,17-18,24H,6-7,9-16,19-22H2,1-4H3. The molecule has 3 amide bonds. The van der Waals surface area contributed by atoms with Crippen LogP contribution in [0.4, 0.5) is 9.59 Å². The van der Waals surface area contributed by atoms with Crippen molar-refractivity contribution in [2.24, 2.45) is 5.92 Å². The summed E-state index contributed by atoms with van der Waals surface area (Å²) < 4.78 is 25.8. The van der Waals surface area contributed by atoms with Crippen molar-refractivity contribution in [2.75, 3.05) is 52.5 Å². The highest BCUT2D eigenvalue weighted by atomic mass is 16.6. The highest BCUT2D eigenvalue weighted by Crippen LogP contribution is 2.49. The number of fused-ring (bicyclic) bond motifs is 4. The molecule has 4 aliphatic heterocycles. The van der Waals surface area contributed by atoms with Crippen LogP contribution in [-0.2, 0) is 31.2 Å². The van der Waals surface area contributed by atoms with Crippen molar-refractivity contribution in [1.29, 1.82) is 0 Å². The second kappa shape index (κ2) is 11.5. The van der Waals surface area contributed by atoms with Gasteiger partial charge < -0.3 is 33.6 Å². The Hall–Kier alpha value is -3.80. The molecule has 3 saturated heterocycles. The third kappa shape index (κ3) is 6.15. The molecule has 2 aromatic rings. The Morgan fingerprint density at radius 2 is 1.72 bits per heavy atom. The van der Waals surface area contributed by atoms with Crippen LogP contribution in [0.25, 0.3) is 11.3 Å². The van der Waals surface area contributed by atoms with E-state index < -0.39 is 16.8 Å². The number of piperidine rings is 1. The smallest absolute Gasteiger partial charge is 0.410 e.